The van der Waals surface area contributed by atoms with Crippen molar-refractivity contribution in [1.29, 1.82) is 0 Å². The number of aromatic carboxylic acids is 1. The highest BCUT2D eigenvalue weighted by Crippen LogP contribution is 2.33. The number of carboxylic acid groups (broad SMARTS) is 1. The number of carboxylic acids is 1. The minimum Gasteiger partial charge on any atom is -0.493 e. The molecule has 0 atom stereocenters. The number of halogens is 1. The van der Waals surface area contributed by atoms with Crippen LogP contribution in [0, 0.1) is 0 Å². The van der Waals surface area contributed by atoms with E-state index in [0.29, 0.717) is 6.61 Å². The summed E-state index contributed by atoms with van der Waals surface area (Å²) < 4.78 is 7.62. The van der Waals surface area contributed by atoms with Gasteiger partial charge in [-0.15, -0.1) is 0 Å². The van der Waals surface area contributed by atoms with Crippen molar-refractivity contribution >= 4 is 21.9 Å². The Kier molecular flexibility index (Phi) is 3.50. The molecule has 0 radical (unpaired) electrons. The smallest absolute Gasteiger partial charge is 0.356 e. The highest BCUT2D eigenvalue weighted by molar-refractivity contribution is 9.10. The van der Waals surface area contributed by atoms with Gasteiger partial charge in [-0.2, -0.15) is 5.10 Å². The van der Waals surface area contributed by atoms with Gasteiger partial charge in [0.05, 0.1) is 13.2 Å². The van der Waals surface area contributed by atoms with Gasteiger partial charge in [0.15, 0.2) is 5.69 Å². The summed E-state index contributed by atoms with van der Waals surface area (Å²) in [6.07, 6.45) is 0.819. The second-order valence-electron chi connectivity index (χ2n) is 4.67. The molecule has 21 heavy (non-hydrogen) atoms. The molecule has 3 rings (SSSR count). The zero-order chi connectivity index (χ0) is 15.0. The largest absolute Gasteiger partial charge is 0.493 e. The first-order valence-corrected chi connectivity index (χ1v) is 7.09. The lowest BCUT2D eigenvalue weighted by atomic mass is 10.1. The van der Waals surface area contributed by atoms with Crippen molar-refractivity contribution in [3.8, 4) is 5.75 Å². The second-order valence-corrected chi connectivity index (χ2v) is 5.59. The van der Waals surface area contributed by atoms with E-state index in [1.165, 1.54) is 12.1 Å². The molecule has 0 unspecified atom stereocenters. The molecule has 1 N–H and O–H groups in total. The molecule has 6 nitrogen and oxygen atoms in total. The molecule has 1 aromatic heterocycles. The lowest BCUT2D eigenvalue weighted by Gasteiger charge is -2.10. The van der Waals surface area contributed by atoms with Gasteiger partial charge in [-0.25, -0.2) is 9.48 Å². The van der Waals surface area contributed by atoms with Crippen LogP contribution in [0.5, 0.6) is 5.75 Å². The number of rotatable bonds is 3. The van der Waals surface area contributed by atoms with E-state index >= 15 is 0 Å². The van der Waals surface area contributed by atoms with Gasteiger partial charge in [-0.05, 0) is 23.8 Å². The molecule has 0 amide bonds. The number of fused-ring (bicyclic) bond motifs is 1. The zero-order valence-electron chi connectivity index (χ0n) is 10.9. The Bertz CT molecular complexity index is 785. The Morgan fingerprint density at radius 2 is 2.24 bits per heavy atom. The Morgan fingerprint density at radius 1 is 1.43 bits per heavy atom. The number of hydrogen-bond acceptors (Lipinski definition) is 4. The number of carbonyl (C=O) groups is 1. The molecule has 0 aliphatic carbocycles. The van der Waals surface area contributed by atoms with Gasteiger partial charge in [0, 0.05) is 22.5 Å². The lowest BCUT2D eigenvalue weighted by Crippen LogP contribution is -2.25. The molecule has 0 bridgehead atoms. The van der Waals surface area contributed by atoms with Crippen LogP contribution in [0.4, 0.5) is 0 Å². The molecule has 1 aliphatic rings. The van der Waals surface area contributed by atoms with Crippen molar-refractivity contribution in [2.24, 2.45) is 0 Å². The summed E-state index contributed by atoms with van der Waals surface area (Å²) in [5, 5.41) is 12.8. The van der Waals surface area contributed by atoms with Gasteiger partial charge in [0.1, 0.15) is 5.75 Å². The molecule has 0 fully saturated rings. The van der Waals surface area contributed by atoms with Crippen molar-refractivity contribution in [3.05, 3.63) is 55.9 Å². The van der Waals surface area contributed by atoms with Gasteiger partial charge in [0.2, 0.25) is 0 Å². The molecule has 1 aliphatic heterocycles. The van der Waals surface area contributed by atoms with E-state index in [1.807, 2.05) is 12.1 Å². The minimum absolute atomic E-state index is 0.165. The Balaban J connectivity index is 2.03. The molecule has 0 spiro atoms. The Hall–Kier alpha value is -2.15. The normalized spacial score (nSPS) is 12.8. The Morgan fingerprint density at radius 3 is 3.00 bits per heavy atom. The summed E-state index contributed by atoms with van der Waals surface area (Å²) in [6.45, 7) is 0.776. The zero-order valence-corrected chi connectivity index (χ0v) is 12.5. The summed E-state index contributed by atoms with van der Waals surface area (Å²) in [7, 11) is 0. The van der Waals surface area contributed by atoms with Crippen LogP contribution < -0.4 is 10.3 Å². The molecule has 0 saturated heterocycles. The van der Waals surface area contributed by atoms with Crippen LogP contribution in [-0.2, 0) is 13.0 Å². The number of ether oxygens (including phenoxy) is 1. The topological polar surface area (TPSA) is 81.4 Å². The van der Waals surface area contributed by atoms with Crippen molar-refractivity contribution < 1.29 is 14.6 Å². The molecule has 7 heteroatoms. The van der Waals surface area contributed by atoms with E-state index in [2.05, 4.69) is 21.0 Å². The molecule has 108 valence electrons. The van der Waals surface area contributed by atoms with Crippen molar-refractivity contribution in [2.75, 3.05) is 6.61 Å². The summed E-state index contributed by atoms with van der Waals surface area (Å²) in [6, 6.07) is 6.24. The highest BCUT2D eigenvalue weighted by Gasteiger charge is 2.18. The van der Waals surface area contributed by atoms with Crippen LogP contribution >= 0.6 is 15.9 Å². The number of benzene rings is 1. The van der Waals surface area contributed by atoms with E-state index in [9.17, 15) is 9.59 Å². The summed E-state index contributed by atoms with van der Waals surface area (Å²) in [5.41, 5.74) is 1.35. The SMILES string of the molecule is O=C(O)c1ccc(=O)n(Cc2cc(Br)cc3c2OCC3)n1. The molecule has 2 heterocycles. The summed E-state index contributed by atoms with van der Waals surface area (Å²) in [5.74, 6) is -0.410. The van der Waals surface area contributed by atoms with Crippen molar-refractivity contribution in [3.63, 3.8) is 0 Å². The fourth-order valence-electron chi connectivity index (χ4n) is 2.30. The average molecular weight is 351 g/mol. The predicted molar refractivity (Wildman–Crippen MR) is 77.9 cm³/mol. The number of aromatic nitrogens is 2. The molecule has 0 saturated carbocycles. The first kappa shape index (κ1) is 13.8. The van der Waals surface area contributed by atoms with Gasteiger partial charge in [-0.3, -0.25) is 4.79 Å². The van der Waals surface area contributed by atoms with Gasteiger partial charge in [0.25, 0.3) is 5.56 Å². The van der Waals surface area contributed by atoms with E-state index in [-0.39, 0.29) is 17.8 Å². The monoisotopic (exact) mass is 350 g/mol. The molecular formula is C14H11BrN2O4. The third kappa shape index (κ3) is 2.69. The van der Waals surface area contributed by atoms with E-state index in [0.717, 1.165) is 32.5 Å². The van der Waals surface area contributed by atoms with Crippen LogP contribution in [0.2, 0.25) is 0 Å². The van der Waals surface area contributed by atoms with Crippen LogP contribution in [-0.4, -0.2) is 27.5 Å². The third-order valence-corrected chi connectivity index (χ3v) is 3.69. The standard InChI is InChI=1S/C14H11BrN2O4/c15-10-5-8-3-4-21-13(8)9(6-10)7-17-12(18)2-1-11(16-17)14(19)20/h1-2,5-6H,3-4,7H2,(H,19,20). The quantitative estimate of drug-likeness (QED) is 0.910. The molecular weight excluding hydrogens is 340 g/mol. The second kappa shape index (κ2) is 5.33. The number of nitrogens with zero attached hydrogens (tertiary/aromatic N) is 2. The highest BCUT2D eigenvalue weighted by atomic mass is 79.9. The van der Waals surface area contributed by atoms with Crippen LogP contribution in [0.1, 0.15) is 21.6 Å². The fourth-order valence-corrected chi connectivity index (χ4v) is 2.85. The average Bonchev–Trinajstić information content (AvgIpc) is 2.89. The fraction of sp³-hybridized carbons (Fsp3) is 0.214. The molecule has 2 aromatic rings. The van der Waals surface area contributed by atoms with Gasteiger partial charge in [-0.1, -0.05) is 15.9 Å². The Labute approximate surface area is 128 Å². The maximum Gasteiger partial charge on any atom is 0.356 e. The van der Waals surface area contributed by atoms with Crippen LogP contribution in [0.3, 0.4) is 0 Å². The van der Waals surface area contributed by atoms with E-state index < -0.39 is 5.97 Å². The third-order valence-electron chi connectivity index (χ3n) is 3.23. The number of hydrogen-bond donors (Lipinski definition) is 1. The first-order valence-electron chi connectivity index (χ1n) is 6.30. The molecule has 1 aromatic carbocycles. The maximum atomic E-state index is 11.8. The maximum absolute atomic E-state index is 11.8. The lowest BCUT2D eigenvalue weighted by molar-refractivity contribution is 0.0687. The predicted octanol–water partition coefficient (Wildman–Crippen LogP) is 1.69. The summed E-state index contributed by atoms with van der Waals surface area (Å²) >= 11 is 3.43. The van der Waals surface area contributed by atoms with Crippen molar-refractivity contribution in [2.45, 2.75) is 13.0 Å². The minimum atomic E-state index is -1.17. The van der Waals surface area contributed by atoms with Crippen LogP contribution in [0.25, 0.3) is 0 Å². The van der Waals surface area contributed by atoms with Gasteiger partial charge >= 0.3 is 5.97 Å². The van der Waals surface area contributed by atoms with Crippen LogP contribution in [0.15, 0.2) is 33.5 Å². The van der Waals surface area contributed by atoms with E-state index in [1.54, 1.807) is 0 Å². The van der Waals surface area contributed by atoms with E-state index in [4.69, 9.17) is 9.84 Å². The van der Waals surface area contributed by atoms with Crippen molar-refractivity contribution in [1.82, 2.24) is 9.78 Å². The van der Waals surface area contributed by atoms with Gasteiger partial charge < -0.3 is 9.84 Å². The first-order chi connectivity index (χ1) is 10.0. The summed E-state index contributed by atoms with van der Waals surface area (Å²) in [4.78, 5) is 22.8.